The van der Waals surface area contributed by atoms with Gasteiger partial charge in [0.25, 0.3) is 0 Å². The Balaban J connectivity index is 2.01. The molecular formula is C12H14N6O2S. The highest BCUT2D eigenvalue weighted by Gasteiger charge is 2.13. The van der Waals surface area contributed by atoms with Crippen molar-refractivity contribution in [2.24, 2.45) is 7.05 Å². The molecule has 2 N–H and O–H groups in total. The molecule has 0 unspecified atom stereocenters. The maximum Gasteiger partial charge on any atom is 0.321 e. The number of aromatic nitrogens is 4. The van der Waals surface area contributed by atoms with E-state index in [4.69, 9.17) is 0 Å². The van der Waals surface area contributed by atoms with E-state index in [1.54, 1.807) is 17.0 Å². The molecule has 9 heteroatoms. The van der Waals surface area contributed by atoms with E-state index >= 15 is 0 Å². The van der Waals surface area contributed by atoms with Gasteiger partial charge in [0.1, 0.15) is 0 Å². The number of imide groups is 1. The van der Waals surface area contributed by atoms with E-state index in [1.807, 2.05) is 19.2 Å². The lowest BCUT2D eigenvalue weighted by Gasteiger charge is -2.04. The van der Waals surface area contributed by atoms with Crippen molar-refractivity contribution < 1.29 is 9.59 Å². The van der Waals surface area contributed by atoms with Crippen molar-refractivity contribution >= 4 is 23.7 Å². The molecule has 0 fully saturated rings. The van der Waals surface area contributed by atoms with E-state index in [0.717, 1.165) is 5.56 Å². The number of urea groups is 1. The third-order valence-corrected chi connectivity index (χ3v) is 3.61. The molecular weight excluding hydrogens is 292 g/mol. The molecule has 2 aromatic heterocycles. The standard InChI is InChI=1S/C12H14N6O2S/c1-13-11(20)15-9(19)7-21-12-17-16-10(18(12)2)8-3-5-14-6-4-8/h3-6H,7H2,1-2H3,(H2,13,15,19,20). The molecule has 2 heterocycles. The summed E-state index contributed by atoms with van der Waals surface area (Å²) in [6.45, 7) is 0. The van der Waals surface area contributed by atoms with Crippen LogP contribution in [0.3, 0.4) is 0 Å². The van der Waals surface area contributed by atoms with Gasteiger partial charge in [-0.05, 0) is 12.1 Å². The van der Waals surface area contributed by atoms with Gasteiger partial charge in [0.05, 0.1) is 5.75 Å². The van der Waals surface area contributed by atoms with E-state index in [0.29, 0.717) is 11.0 Å². The number of hydrogen-bond donors (Lipinski definition) is 2. The van der Waals surface area contributed by atoms with Crippen LogP contribution in [-0.4, -0.2) is 44.5 Å². The van der Waals surface area contributed by atoms with Gasteiger partial charge in [-0.15, -0.1) is 10.2 Å². The van der Waals surface area contributed by atoms with Crippen molar-refractivity contribution in [3.8, 4) is 11.4 Å². The number of rotatable bonds is 4. The Morgan fingerprint density at radius 1 is 1.29 bits per heavy atom. The van der Waals surface area contributed by atoms with Crippen LogP contribution in [0.5, 0.6) is 0 Å². The summed E-state index contributed by atoms with van der Waals surface area (Å²) < 4.78 is 1.78. The number of carbonyl (C=O) groups is 2. The third-order valence-electron chi connectivity index (χ3n) is 2.59. The SMILES string of the molecule is CNC(=O)NC(=O)CSc1nnc(-c2ccncc2)n1C. The van der Waals surface area contributed by atoms with Gasteiger partial charge in [0, 0.05) is 32.1 Å². The molecule has 8 nitrogen and oxygen atoms in total. The van der Waals surface area contributed by atoms with Crippen molar-refractivity contribution in [2.45, 2.75) is 5.16 Å². The monoisotopic (exact) mass is 306 g/mol. The summed E-state index contributed by atoms with van der Waals surface area (Å²) in [5.74, 6) is 0.370. The van der Waals surface area contributed by atoms with E-state index < -0.39 is 11.9 Å². The first kappa shape index (κ1) is 15.0. The highest BCUT2D eigenvalue weighted by Crippen LogP contribution is 2.21. The molecule has 21 heavy (non-hydrogen) atoms. The predicted octanol–water partition coefficient (Wildman–Crippen LogP) is 0.425. The van der Waals surface area contributed by atoms with E-state index in [9.17, 15) is 9.59 Å². The summed E-state index contributed by atoms with van der Waals surface area (Å²) in [6, 6.07) is 3.13. The summed E-state index contributed by atoms with van der Waals surface area (Å²) in [6.07, 6.45) is 3.35. The lowest BCUT2D eigenvalue weighted by atomic mass is 10.2. The Hall–Kier alpha value is -2.42. The highest BCUT2D eigenvalue weighted by molar-refractivity contribution is 7.99. The first-order chi connectivity index (χ1) is 10.1. The fourth-order valence-corrected chi connectivity index (χ4v) is 2.26. The fourth-order valence-electron chi connectivity index (χ4n) is 1.55. The number of amides is 3. The van der Waals surface area contributed by atoms with Crippen LogP contribution in [0.15, 0.2) is 29.7 Å². The molecule has 0 spiro atoms. The second kappa shape index (κ2) is 6.84. The van der Waals surface area contributed by atoms with Crippen LogP contribution in [0.25, 0.3) is 11.4 Å². The summed E-state index contributed by atoms with van der Waals surface area (Å²) in [7, 11) is 3.26. The van der Waals surface area contributed by atoms with Crippen LogP contribution in [0.1, 0.15) is 0 Å². The molecule has 0 aliphatic rings. The number of hydrogen-bond acceptors (Lipinski definition) is 6. The van der Waals surface area contributed by atoms with Crippen LogP contribution < -0.4 is 10.6 Å². The number of carbonyl (C=O) groups excluding carboxylic acids is 2. The lowest BCUT2D eigenvalue weighted by molar-refractivity contribution is -0.117. The Kier molecular flexibility index (Phi) is 4.88. The quantitative estimate of drug-likeness (QED) is 0.794. The summed E-state index contributed by atoms with van der Waals surface area (Å²) in [5, 5.41) is 13.2. The van der Waals surface area contributed by atoms with E-state index in [2.05, 4.69) is 25.8 Å². The van der Waals surface area contributed by atoms with Crippen LogP contribution in [-0.2, 0) is 11.8 Å². The Labute approximate surface area is 125 Å². The Morgan fingerprint density at radius 2 is 2.00 bits per heavy atom. The van der Waals surface area contributed by atoms with Crippen molar-refractivity contribution in [3.05, 3.63) is 24.5 Å². The van der Waals surface area contributed by atoms with Crippen molar-refractivity contribution in [3.63, 3.8) is 0 Å². The van der Waals surface area contributed by atoms with Crippen LogP contribution in [0.2, 0.25) is 0 Å². The van der Waals surface area contributed by atoms with Crippen LogP contribution in [0.4, 0.5) is 4.79 Å². The van der Waals surface area contributed by atoms with E-state index in [1.165, 1.54) is 18.8 Å². The number of nitrogens with one attached hydrogen (secondary N) is 2. The zero-order chi connectivity index (χ0) is 15.2. The summed E-state index contributed by atoms with van der Waals surface area (Å²) in [4.78, 5) is 26.5. The van der Waals surface area contributed by atoms with Crippen molar-refractivity contribution in [1.82, 2.24) is 30.4 Å². The molecule has 0 radical (unpaired) electrons. The minimum absolute atomic E-state index is 0.0791. The molecule has 2 rings (SSSR count). The molecule has 0 aromatic carbocycles. The second-order valence-electron chi connectivity index (χ2n) is 4.02. The molecule has 110 valence electrons. The first-order valence-corrected chi connectivity index (χ1v) is 7.04. The van der Waals surface area contributed by atoms with Gasteiger partial charge in [-0.2, -0.15) is 0 Å². The van der Waals surface area contributed by atoms with Gasteiger partial charge in [-0.1, -0.05) is 11.8 Å². The Bertz CT molecular complexity index is 642. The average molecular weight is 306 g/mol. The van der Waals surface area contributed by atoms with Crippen molar-refractivity contribution in [2.75, 3.05) is 12.8 Å². The molecule has 0 aliphatic heterocycles. The average Bonchev–Trinajstić information content (AvgIpc) is 2.87. The molecule has 2 aromatic rings. The van der Waals surface area contributed by atoms with Crippen LogP contribution in [0, 0.1) is 0 Å². The number of thioether (sulfide) groups is 1. The fraction of sp³-hybridized carbons (Fsp3) is 0.250. The van der Waals surface area contributed by atoms with Gasteiger partial charge in [-0.25, -0.2) is 4.79 Å². The molecule has 0 atom stereocenters. The normalized spacial score (nSPS) is 10.2. The number of nitrogens with zero attached hydrogens (tertiary/aromatic N) is 4. The van der Waals surface area contributed by atoms with Gasteiger partial charge in [0.15, 0.2) is 11.0 Å². The molecule has 3 amide bonds. The molecule has 0 bridgehead atoms. The first-order valence-electron chi connectivity index (χ1n) is 6.06. The van der Waals surface area contributed by atoms with Gasteiger partial charge in [0.2, 0.25) is 5.91 Å². The predicted molar refractivity (Wildman–Crippen MR) is 77.6 cm³/mol. The van der Waals surface area contributed by atoms with E-state index in [-0.39, 0.29) is 5.75 Å². The van der Waals surface area contributed by atoms with Crippen LogP contribution >= 0.6 is 11.8 Å². The molecule has 0 saturated heterocycles. The zero-order valence-corrected chi connectivity index (χ0v) is 12.3. The zero-order valence-electron chi connectivity index (χ0n) is 11.5. The summed E-state index contributed by atoms with van der Waals surface area (Å²) >= 11 is 1.20. The topological polar surface area (TPSA) is 102 Å². The van der Waals surface area contributed by atoms with Gasteiger partial charge >= 0.3 is 6.03 Å². The largest absolute Gasteiger partial charge is 0.341 e. The minimum atomic E-state index is -0.531. The third kappa shape index (κ3) is 3.78. The number of pyridine rings is 1. The smallest absolute Gasteiger partial charge is 0.321 e. The maximum atomic E-state index is 11.5. The molecule has 0 saturated carbocycles. The minimum Gasteiger partial charge on any atom is -0.341 e. The van der Waals surface area contributed by atoms with Gasteiger partial charge < -0.3 is 9.88 Å². The van der Waals surface area contributed by atoms with Crippen molar-refractivity contribution in [1.29, 1.82) is 0 Å². The second-order valence-corrected chi connectivity index (χ2v) is 4.96. The Morgan fingerprint density at radius 3 is 2.67 bits per heavy atom. The van der Waals surface area contributed by atoms with Gasteiger partial charge in [-0.3, -0.25) is 15.1 Å². The highest BCUT2D eigenvalue weighted by atomic mass is 32.2. The summed E-state index contributed by atoms with van der Waals surface area (Å²) in [5.41, 5.74) is 0.890. The lowest BCUT2D eigenvalue weighted by Crippen LogP contribution is -2.38. The molecule has 0 aliphatic carbocycles. The maximum absolute atomic E-state index is 11.5.